The third kappa shape index (κ3) is 2.28. The van der Waals surface area contributed by atoms with E-state index in [0.717, 1.165) is 25.9 Å². The van der Waals surface area contributed by atoms with Gasteiger partial charge in [0, 0.05) is 16.1 Å². The Balaban J connectivity index is 2.49. The quantitative estimate of drug-likeness (QED) is 0.240. The Labute approximate surface area is 134 Å². The van der Waals surface area contributed by atoms with E-state index in [1.807, 2.05) is 12.1 Å². The molecule has 0 fully saturated rings. The molecule has 0 aliphatic heterocycles. The van der Waals surface area contributed by atoms with E-state index in [0.29, 0.717) is 9.86 Å². The molecule has 0 saturated heterocycles. The summed E-state index contributed by atoms with van der Waals surface area (Å²) < 4.78 is 40.0. The smallest absolute Gasteiger partial charge is 0.250 e. The molecule has 0 aliphatic carbocycles. The Morgan fingerprint density at radius 1 is 0.950 bits per heavy atom. The van der Waals surface area contributed by atoms with Crippen LogP contribution in [0, 0.1) is 3.70 Å². The maximum atomic E-state index is 12.9. The fourth-order valence-corrected chi connectivity index (χ4v) is 3.41. The van der Waals surface area contributed by atoms with Gasteiger partial charge in [-0.15, -0.1) is 0 Å². The number of aromatic nitrogens is 1. The third-order valence-corrected chi connectivity index (χ3v) is 4.62. The van der Waals surface area contributed by atoms with Crippen LogP contribution in [0.15, 0.2) is 41.0 Å². The lowest BCUT2D eigenvalue weighted by atomic mass is 10.0. The molecule has 102 valence electrons. The first kappa shape index (κ1) is 14.1. The molecule has 1 heterocycles. The molecule has 0 amide bonds. The van der Waals surface area contributed by atoms with Crippen LogP contribution in [-0.2, 0) is 6.18 Å². The van der Waals surface area contributed by atoms with E-state index in [-0.39, 0.29) is 0 Å². The second-order valence-corrected chi connectivity index (χ2v) is 6.19. The average Bonchev–Trinajstić information content (AvgIpc) is 2.38. The van der Waals surface area contributed by atoms with Gasteiger partial charge in [0.2, 0.25) is 0 Å². The number of pyridine rings is 1. The molecular weight excluding hydrogens is 446 g/mol. The van der Waals surface area contributed by atoms with Crippen LogP contribution in [0.2, 0.25) is 0 Å². The zero-order valence-corrected chi connectivity index (χ0v) is 13.5. The van der Waals surface area contributed by atoms with Crippen LogP contribution in [-0.4, -0.2) is 4.98 Å². The molecule has 0 atom stereocenters. The lowest BCUT2D eigenvalue weighted by molar-refractivity contribution is -0.137. The van der Waals surface area contributed by atoms with Crippen molar-refractivity contribution in [3.8, 4) is 0 Å². The first-order chi connectivity index (χ1) is 9.38. The van der Waals surface area contributed by atoms with E-state index >= 15 is 0 Å². The largest absolute Gasteiger partial charge is 0.416 e. The maximum Gasteiger partial charge on any atom is 0.416 e. The Morgan fingerprint density at radius 2 is 1.65 bits per heavy atom. The summed E-state index contributed by atoms with van der Waals surface area (Å²) in [7, 11) is 0. The van der Waals surface area contributed by atoms with Gasteiger partial charge in [-0.1, -0.05) is 28.1 Å². The van der Waals surface area contributed by atoms with Crippen LogP contribution in [0.3, 0.4) is 0 Å². The summed E-state index contributed by atoms with van der Waals surface area (Å²) in [6.45, 7) is 0. The zero-order chi connectivity index (χ0) is 14.5. The molecule has 6 heteroatoms. The molecule has 3 aromatic rings. The van der Waals surface area contributed by atoms with Crippen molar-refractivity contribution in [2.75, 3.05) is 0 Å². The fraction of sp³-hybridized carbons (Fsp3) is 0.0714. The normalized spacial score (nSPS) is 12.2. The molecule has 3 rings (SSSR count). The zero-order valence-electron chi connectivity index (χ0n) is 9.80. The highest BCUT2D eigenvalue weighted by Gasteiger charge is 2.31. The molecule has 0 unspecified atom stereocenters. The number of benzene rings is 2. The van der Waals surface area contributed by atoms with Crippen molar-refractivity contribution in [2.45, 2.75) is 6.18 Å². The van der Waals surface area contributed by atoms with Crippen molar-refractivity contribution in [2.24, 2.45) is 0 Å². The standard InChI is InChI=1S/C14H6BrF3IN/c15-12-6-7(14(16,17)18)5-11-8-3-4-20-13(19)10(8)2-1-9(11)12/h1-6H. The molecule has 1 aromatic heterocycles. The van der Waals surface area contributed by atoms with E-state index < -0.39 is 11.7 Å². The summed E-state index contributed by atoms with van der Waals surface area (Å²) in [4.78, 5) is 4.16. The molecule has 0 saturated carbocycles. The van der Waals surface area contributed by atoms with E-state index in [4.69, 9.17) is 0 Å². The molecule has 0 N–H and O–H groups in total. The molecule has 0 radical (unpaired) electrons. The van der Waals surface area contributed by atoms with Crippen molar-refractivity contribution in [3.05, 3.63) is 50.3 Å². The Morgan fingerprint density at radius 3 is 2.35 bits per heavy atom. The summed E-state index contributed by atoms with van der Waals surface area (Å²) in [5.74, 6) is 0. The minimum absolute atomic E-state index is 0.441. The van der Waals surface area contributed by atoms with Gasteiger partial charge in [0.25, 0.3) is 0 Å². The molecule has 0 spiro atoms. The van der Waals surface area contributed by atoms with Crippen LogP contribution < -0.4 is 0 Å². The number of fused-ring (bicyclic) bond motifs is 3. The highest BCUT2D eigenvalue weighted by Crippen LogP contribution is 2.38. The number of nitrogens with zero attached hydrogens (tertiary/aromatic N) is 1. The summed E-state index contributed by atoms with van der Waals surface area (Å²) in [5, 5.41) is 2.96. The van der Waals surface area contributed by atoms with Crippen molar-refractivity contribution < 1.29 is 13.2 Å². The molecule has 0 aliphatic rings. The number of hydrogen-bond acceptors (Lipinski definition) is 1. The van der Waals surface area contributed by atoms with Gasteiger partial charge in [-0.25, -0.2) is 4.98 Å². The van der Waals surface area contributed by atoms with Gasteiger partial charge in [-0.3, -0.25) is 0 Å². The van der Waals surface area contributed by atoms with E-state index in [1.54, 1.807) is 12.3 Å². The van der Waals surface area contributed by atoms with Crippen LogP contribution in [0.1, 0.15) is 5.56 Å². The molecular formula is C14H6BrF3IN. The highest BCUT2D eigenvalue weighted by atomic mass is 127. The van der Waals surface area contributed by atoms with Gasteiger partial charge < -0.3 is 0 Å². The second-order valence-electron chi connectivity index (χ2n) is 4.31. The number of rotatable bonds is 0. The first-order valence-electron chi connectivity index (χ1n) is 5.61. The number of halogens is 5. The maximum absolute atomic E-state index is 12.9. The summed E-state index contributed by atoms with van der Waals surface area (Å²) in [6, 6.07) is 7.74. The topological polar surface area (TPSA) is 12.9 Å². The van der Waals surface area contributed by atoms with Crippen LogP contribution in [0.5, 0.6) is 0 Å². The van der Waals surface area contributed by atoms with Crippen molar-refractivity contribution in [1.29, 1.82) is 0 Å². The SMILES string of the molecule is FC(F)(F)c1cc(Br)c2ccc3c(I)nccc3c2c1. The van der Waals surface area contributed by atoms with Crippen molar-refractivity contribution in [1.82, 2.24) is 4.98 Å². The van der Waals surface area contributed by atoms with Gasteiger partial charge in [-0.05, 0) is 56.9 Å². The number of alkyl halides is 3. The van der Waals surface area contributed by atoms with E-state index in [1.165, 1.54) is 6.07 Å². The summed E-state index contributed by atoms with van der Waals surface area (Å²) in [5.41, 5.74) is -0.656. The minimum Gasteiger partial charge on any atom is -0.250 e. The van der Waals surface area contributed by atoms with Gasteiger partial charge in [0.15, 0.2) is 0 Å². The molecule has 2 aromatic carbocycles. The van der Waals surface area contributed by atoms with Crippen molar-refractivity contribution in [3.63, 3.8) is 0 Å². The van der Waals surface area contributed by atoms with E-state index in [9.17, 15) is 13.2 Å². The monoisotopic (exact) mass is 451 g/mol. The minimum atomic E-state index is -4.36. The van der Waals surface area contributed by atoms with Crippen LogP contribution in [0.25, 0.3) is 21.5 Å². The third-order valence-electron chi connectivity index (χ3n) is 3.11. The second kappa shape index (κ2) is 4.84. The van der Waals surface area contributed by atoms with Crippen LogP contribution in [0.4, 0.5) is 13.2 Å². The first-order valence-corrected chi connectivity index (χ1v) is 7.49. The Kier molecular flexibility index (Phi) is 3.40. The molecule has 0 bridgehead atoms. The highest BCUT2D eigenvalue weighted by molar-refractivity contribution is 14.1. The lowest BCUT2D eigenvalue weighted by Crippen LogP contribution is -2.04. The molecule has 20 heavy (non-hydrogen) atoms. The predicted molar refractivity (Wildman–Crippen MR) is 84.7 cm³/mol. The van der Waals surface area contributed by atoms with Gasteiger partial charge >= 0.3 is 6.18 Å². The van der Waals surface area contributed by atoms with Crippen LogP contribution >= 0.6 is 38.5 Å². The van der Waals surface area contributed by atoms with Crippen molar-refractivity contribution >= 4 is 60.1 Å². The van der Waals surface area contributed by atoms with Gasteiger partial charge in [-0.2, -0.15) is 13.2 Å². The molecule has 1 nitrogen and oxygen atoms in total. The van der Waals surface area contributed by atoms with E-state index in [2.05, 4.69) is 43.5 Å². The Hall–Kier alpha value is -0.890. The van der Waals surface area contributed by atoms with Gasteiger partial charge in [0.1, 0.15) is 3.70 Å². The Bertz CT molecular complexity index is 830. The fourth-order valence-electron chi connectivity index (χ4n) is 2.18. The number of hydrogen-bond donors (Lipinski definition) is 0. The average molecular weight is 452 g/mol. The predicted octanol–water partition coefficient (Wildman–Crippen LogP) is 5.77. The summed E-state index contributed by atoms with van der Waals surface area (Å²) >= 11 is 5.31. The summed E-state index contributed by atoms with van der Waals surface area (Å²) in [6.07, 6.45) is -2.75. The van der Waals surface area contributed by atoms with Gasteiger partial charge in [0.05, 0.1) is 5.56 Å². The lowest BCUT2D eigenvalue weighted by Gasteiger charge is -2.11.